The summed E-state index contributed by atoms with van der Waals surface area (Å²) in [6.45, 7) is 0.856. The zero-order chi connectivity index (χ0) is 10.3. The zero-order valence-electron chi connectivity index (χ0n) is 7.97. The number of nitriles is 1. The van der Waals surface area contributed by atoms with Gasteiger partial charge < -0.3 is 4.90 Å². The molecule has 0 aromatic carbocycles. The Morgan fingerprint density at radius 1 is 1.47 bits per heavy atom. The summed E-state index contributed by atoms with van der Waals surface area (Å²) >= 11 is 1.69. The molecule has 1 aromatic heterocycles. The van der Waals surface area contributed by atoms with Crippen LogP contribution in [0.4, 0.5) is 0 Å². The molecule has 0 fully saturated rings. The van der Waals surface area contributed by atoms with Crippen LogP contribution in [0.2, 0.25) is 0 Å². The van der Waals surface area contributed by atoms with Crippen LogP contribution < -0.4 is 0 Å². The molecule has 72 valence electrons. The Balaban J connectivity index is 2.24. The van der Waals surface area contributed by atoms with E-state index in [9.17, 15) is 0 Å². The summed E-state index contributed by atoms with van der Waals surface area (Å²) in [6.07, 6.45) is 8.20. The second kappa shape index (κ2) is 3.11. The van der Waals surface area contributed by atoms with E-state index in [2.05, 4.69) is 29.2 Å². The molecule has 0 bridgehead atoms. The van der Waals surface area contributed by atoms with Gasteiger partial charge in [0.05, 0.1) is 16.1 Å². The lowest BCUT2D eigenvalue weighted by molar-refractivity contribution is 0.587. The van der Waals surface area contributed by atoms with Crippen LogP contribution in [-0.4, -0.2) is 11.4 Å². The molecule has 3 heterocycles. The monoisotopic (exact) mass is 212 g/mol. The van der Waals surface area contributed by atoms with Crippen molar-refractivity contribution >= 4 is 22.6 Å². The number of hydrogen-bond acceptors (Lipinski definition) is 3. The van der Waals surface area contributed by atoms with Crippen LogP contribution in [0.5, 0.6) is 0 Å². The van der Waals surface area contributed by atoms with E-state index < -0.39 is 0 Å². The second-order valence-electron chi connectivity index (χ2n) is 3.45. The molecule has 2 nitrogen and oxygen atoms in total. The fraction of sp³-hybridized carbons (Fsp3) is 0.0833. The Bertz CT molecular complexity index is 540. The van der Waals surface area contributed by atoms with Gasteiger partial charge in [0.2, 0.25) is 0 Å². The fourth-order valence-electron chi connectivity index (χ4n) is 1.89. The van der Waals surface area contributed by atoms with Gasteiger partial charge in [-0.15, -0.1) is 11.3 Å². The molecule has 0 saturated carbocycles. The molecule has 1 aromatic rings. The van der Waals surface area contributed by atoms with E-state index in [1.54, 1.807) is 11.3 Å². The van der Waals surface area contributed by atoms with Crippen LogP contribution in [0.25, 0.3) is 11.3 Å². The molecule has 0 radical (unpaired) electrons. The molecular weight excluding hydrogens is 204 g/mol. The molecular formula is C12H8N2S. The Labute approximate surface area is 92.1 Å². The molecule has 15 heavy (non-hydrogen) atoms. The molecule has 0 N–H and O–H groups in total. The molecule has 0 unspecified atom stereocenters. The largest absolute Gasteiger partial charge is 0.342 e. The molecule has 3 heteroatoms. The van der Waals surface area contributed by atoms with E-state index in [4.69, 9.17) is 5.26 Å². The second-order valence-corrected chi connectivity index (χ2v) is 4.37. The number of nitrogens with zero attached hydrogens (tertiary/aromatic N) is 2. The third-order valence-corrected chi connectivity index (χ3v) is 3.53. The smallest absolute Gasteiger partial charge is 0.101 e. The summed E-state index contributed by atoms with van der Waals surface area (Å²) in [7, 11) is 0. The van der Waals surface area contributed by atoms with Gasteiger partial charge >= 0.3 is 0 Å². The Kier molecular flexibility index (Phi) is 1.77. The van der Waals surface area contributed by atoms with Crippen molar-refractivity contribution in [3.05, 3.63) is 46.3 Å². The first-order chi connectivity index (χ1) is 7.40. The van der Waals surface area contributed by atoms with Gasteiger partial charge in [-0.2, -0.15) is 5.26 Å². The van der Waals surface area contributed by atoms with Crippen LogP contribution in [0.3, 0.4) is 0 Å². The highest BCUT2D eigenvalue weighted by Crippen LogP contribution is 2.38. The van der Waals surface area contributed by atoms with E-state index in [-0.39, 0.29) is 0 Å². The maximum atomic E-state index is 9.07. The summed E-state index contributed by atoms with van der Waals surface area (Å²) in [5.41, 5.74) is 3.04. The number of thiophene rings is 1. The van der Waals surface area contributed by atoms with E-state index in [1.807, 2.05) is 17.6 Å². The lowest BCUT2D eigenvalue weighted by Gasteiger charge is -2.28. The Hall–Kier alpha value is -1.79. The SMILES string of the molecule is N#CC1=CN2CC=CC=C2c2sccc21. The topological polar surface area (TPSA) is 27.0 Å². The van der Waals surface area contributed by atoms with E-state index in [0.29, 0.717) is 0 Å². The molecule has 3 rings (SSSR count). The summed E-state index contributed by atoms with van der Waals surface area (Å²) in [5, 5.41) is 11.1. The quantitative estimate of drug-likeness (QED) is 0.661. The average molecular weight is 212 g/mol. The van der Waals surface area contributed by atoms with Crippen LogP contribution in [0, 0.1) is 11.3 Å². The number of allylic oxidation sites excluding steroid dienone is 3. The van der Waals surface area contributed by atoms with E-state index in [0.717, 1.165) is 17.7 Å². The maximum Gasteiger partial charge on any atom is 0.101 e. The number of hydrogen-bond donors (Lipinski definition) is 0. The van der Waals surface area contributed by atoms with Crippen molar-refractivity contribution in [3.63, 3.8) is 0 Å². The molecule has 0 aliphatic carbocycles. The lowest BCUT2D eigenvalue weighted by Crippen LogP contribution is -2.21. The minimum absolute atomic E-state index is 0.763. The normalized spacial score (nSPS) is 17.4. The van der Waals surface area contributed by atoms with Gasteiger partial charge in [0.1, 0.15) is 6.07 Å². The van der Waals surface area contributed by atoms with Crippen LogP contribution in [0.15, 0.2) is 35.9 Å². The van der Waals surface area contributed by atoms with Crippen molar-refractivity contribution in [3.8, 4) is 6.07 Å². The lowest BCUT2D eigenvalue weighted by atomic mass is 10.0. The van der Waals surface area contributed by atoms with Gasteiger partial charge in [-0.25, -0.2) is 0 Å². The third kappa shape index (κ3) is 1.15. The first-order valence-corrected chi connectivity index (χ1v) is 5.62. The summed E-state index contributed by atoms with van der Waals surface area (Å²) in [6, 6.07) is 4.27. The van der Waals surface area contributed by atoms with Gasteiger partial charge in [-0.3, -0.25) is 0 Å². The van der Waals surface area contributed by atoms with Crippen LogP contribution in [-0.2, 0) is 0 Å². The van der Waals surface area contributed by atoms with Gasteiger partial charge in [-0.1, -0.05) is 12.2 Å². The number of rotatable bonds is 0. The fourth-order valence-corrected chi connectivity index (χ4v) is 2.84. The first kappa shape index (κ1) is 8.51. The highest BCUT2D eigenvalue weighted by molar-refractivity contribution is 7.11. The van der Waals surface area contributed by atoms with Crippen molar-refractivity contribution in [1.82, 2.24) is 4.90 Å². The highest BCUT2D eigenvalue weighted by atomic mass is 32.1. The van der Waals surface area contributed by atoms with Gasteiger partial charge in [-0.05, 0) is 17.5 Å². The third-order valence-electron chi connectivity index (χ3n) is 2.60. The molecule has 2 aliphatic heterocycles. The minimum Gasteiger partial charge on any atom is -0.342 e. The van der Waals surface area contributed by atoms with E-state index >= 15 is 0 Å². The molecule has 0 spiro atoms. The highest BCUT2D eigenvalue weighted by Gasteiger charge is 2.23. The molecule has 0 atom stereocenters. The van der Waals surface area contributed by atoms with Crippen LogP contribution in [0.1, 0.15) is 10.4 Å². The van der Waals surface area contributed by atoms with Gasteiger partial charge in [0.25, 0.3) is 0 Å². The number of fused-ring (bicyclic) bond motifs is 3. The predicted molar refractivity (Wildman–Crippen MR) is 61.7 cm³/mol. The Morgan fingerprint density at radius 2 is 2.40 bits per heavy atom. The molecule has 2 aliphatic rings. The van der Waals surface area contributed by atoms with E-state index in [1.165, 1.54) is 10.6 Å². The van der Waals surface area contributed by atoms with Crippen molar-refractivity contribution < 1.29 is 0 Å². The molecule has 0 saturated heterocycles. The van der Waals surface area contributed by atoms with Gasteiger partial charge in [0.15, 0.2) is 0 Å². The first-order valence-electron chi connectivity index (χ1n) is 4.74. The summed E-state index contributed by atoms with van der Waals surface area (Å²) in [4.78, 5) is 3.33. The van der Waals surface area contributed by atoms with Crippen LogP contribution >= 0.6 is 11.3 Å². The van der Waals surface area contributed by atoms with Crippen molar-refractivity contribution in [2.24, 2.45) is 0 Å². The van der Waals surface area contributed by atoms with Gasteiger partial charge in [0, 0.05) is 18.3 Å². The average Bonchev–Trinajstić information content (AvgIpc) is 2.77. The predicted octanol–water partition coefficient (Wildman–Crippen LogP) is 2.84. The summed E-state index contributed by atoms with van der Waals surface area (Å²) in [5.74, 6) is 0. The van der Waals surface area contributed by atoms with Crippen molar-refractivity contribution in [2.75, 3.05) is 6.54 Å². The van der Waals surface area contributed by atoms with Crippen molar-refractivity contribution in [1.29, 1.82) is 5.26 Å². The minimum atomic E-state index is 0.763. The maximum absolute atomic E-state index is 9.07. The zero-order valence-corrected chi connectivity index (χ0v) is 8.79. The van der Waals surface area contributed by atoms with Crippen molar-refractivity contribution in [2.45, 2.75) is 0 Å². The summed E-state index contributed by atoms with van der Waals surface area (Å²) < 4.78 is 0. The standard InChI is InChI=1S/C12H8N2S/c13-7-9-8-14-5-2-1-3-11(14)12-10(9)4-6-15-12/h1-4,6,8H,5H2. The Morgan fingerprint density at radius 3 is 3.27 bits per heavy atom. The molecule has 0 amide bonds.